The van der Waals surface area contributed by atoms with Crippen LogP contribution in [0.3, 0.4) is 0 Å². The van der Waals surface area contributed by atoms with Crippen LogP contribution in [-0.4, -0.2) is 38.0 Å². The Hall–Kier alpha value is -3.22. The Bertz CT molecular complexity index is 1410. The van der Waals surface area contributed by atoms with Crippen LogP contribution in [0.5, 0.6) is 0 Å². The number of nitrogens with two attached hydrogens (primary N) is 1. The van der Waals surface area contributed by atoms with Crippen molar-refractivity contribution in [3.05, 3.63) is 63.7 Å². The van der Waals surface area contributed by atoms with E-state index in [0.717, 1.165) is 23.4 Å². The summed E-state index contributed by atoms with van der Waals surface area (Å²) in [4.78, 5) is 18.1. The van der Waals surface area contributed by atoms with Crippen LogP contribution in [0.4, 0.5) is 5.69 Å². The van der Waals surface area contributed by atoms with Gasteiger partial charge in [0.2, 0.25) is 10.0 Å². The molecule has 0 aliphatic heterocycles. The lowest BCUT2D eigenvalue weighted by Crippen LogP contribution is -2.16. The first kappa shape index (κ1) is 22.5. The van der Waals surface area contributed by atoms with E-state index < -0.39 is 35.4 Å². The SMILES string of the molecule is Cc1cccc(C)c1-c1cc(S(C)(=O)=O)nc(-c2cccc([N+](=O)[O-])c2S(N)(=O)=O)n1. The van der Waals surface area contributed by atoms with Crippen molar-refractivity contribution in [1.29, 1.82) is 0 Å². The summed E-state index contributed by atoms with van der Waals surface area (Å²) in [5, 5.41) is 16.3. The predicted molar refractivity (Wildman–Crippen MR) is 114 cm³/mol. The van der Waals surface area contributed by atoms with Gasteiger partial charge in [-0.25, -0.2) is 31.9 Å². The average molecular weight is 463 g/mol. The molecule has 3 rings (SSSR count). The number of hydrogen-bond acceptors (Lipinski definition) is 8. The highest BCUT2D eigenvalue weighted by Crippen LogP contribution is 2.34. The molecule has 0 bridgehead atoms. The summed E-state index contributed by atoms with van der Waals surface area (Å²) in [6, 6.07) is 10.2. The van der Waals surface area contributed by atoms with E-state index in [1.165, 1.54) is 18.2 Å². The Morgan fingerprint density at radius 1 is 0.968 bits per heavy atom. The topological polar surface area (TPSA) is 163 Å². The van der Waals surface area contributed by atoms with E-state index in [1.807, 2.05) is 32.0 Å². The molecule has 0 saturated carbocycles. The fourth-order valence-corrected chi connectivity index (χ4v) is 4.70. The van der Waals surface area contributed by atoms with Gasteiger partial charge in [0.15, 0.2) is 25.6 Å². The van der Waals surface area contributed by atoms with Gasteiger partial charge in [-0.3, -0.25) is 10.1 Å². The molecule has 1 aromatic heterocycles. The van der Waals surface area contributed by atoms with Crippen molar-refractivity contribution >= 4 is 25.5 Å². The van der Waals surface area contributed by atoms with Gasteiger partial charge in [-0.2, -0.15) is 0 Å². The third-order valence-corrected chi connectivity index (χ3v) is 6.50. The lowest BCUT2D eigenvalue weighted by Gasteiger charge is -2.13. The van der Waals surface area contributed by atoms with Gasteiger partial charge >= 0.3 is 0 Å². The minimum Gasteiger partial charge on any atom is -0.258 e. The van der Waals surface area contributed by atoms with Gasteiger partial charge in [0.1, 0.15) is 0 Å². The Morgan fingerprint density at radius 3 is 2.06 bits per heavy atom. The number of hydrogen-bond donors (Lipinski definition) is 1. The van der Waals surface area contributed by atoms with E-state index in [9.17, 15) is 26.9 Å². The minimum absolute atomic E-state index is 0.230. The van der Waals surface area contributed by atoms with Gasteiger partial charge in [0.25, 0.3) is 5.69 Å². The molecule has 162 valence electrons. The van der Waals surface area contributed by atoms with Crippen molar-refractivity contribution in [2.75, 3.05) is 6.26 Å². The second-order valence-corrected chi connectivity index (χ2v) is 10.4. The summed E-state index contributed by atoms with van der Waals surface area (Å²) in [6.45, 7) is 3.63. The molecule has 0 saturated heterocycles. The first-order valence-electron chi connectivity index (χ1n) is 8.77. The molecule has 2 N–H and O–H groups in total. The smallest absolute Gasteiger partial charge is 0.258 e. The molecule has 0 amide bonds. The Labute approximate surface area is 178 Å². The maximum atomic E-state index is 12.3. The quantitative estimate of drug-likeness (QED) is 0.343. The molecule has 0 spiro atoms. The molecule has 10 nitrogen and oxygen atoms in total. The number of aryl methyl sites for hydroxylation is 2. The number of primary sulfonamides is 1. The first-order valence-corrected chi connectivity index (χ1v) is 12.2. The van der Waals surface area contributed by atoms with Crippen molar-refractivity contribution in [3.63, 3.8) is 0 Å². The molecule has 0 radical (unpaired) electrons. The molecular weight excluding hydrogens is 444 g/mol. The van der Waals surface area contributed by atoms with Crippen LogP contribution >= 0.6 is 0 Å². The Kier molecular flexibility index (Phi) is 5.65. The summed E-state index contributed by atoms with van der Waals surface area (Å²) in [6.07, 6.45) is 0.946. The van der Waals surface area contributed by atoms with Crippen molar-refractivity contribution in [3.8, 4) is 22.6 Å². The van der Waals surface area contributed by atoms with E-state index in [1.54, 1.807) is 0 Å². The van der Waals surface area contributed by atoms with Crippen LogP contribution in [-0.2, 0) is 19.9 Å². The fourth-order valence-electron chi connectivity index (χ4n) is 3.23. The third-order valence-electron chi connectivity index (χ3n) is 4.54. The molecule has 0 unspecified atom stereocenters. The van der Waals surface area contributed by atoms with E-state index in [2.05, 4.69) is 9.97 Å². The number of nitro benzene ring substituents is 1. The largest absolute Gasteiger partial charge is 0.290 e. The van der Waals surface area contributed by atoms with E-state index in [-0.39, 0.29) is 22.1 Å². The second-order valence-electron chi connectivity index (χ2n) is 6.91. The highest BCUT2D eigenvalue weighted by Gasteiger charge is 2.29. The number of rotatable bonds is 5. The summed E-state index contributed by atoms with van der Waals surface area (Å²) in [5.41, 5.74) is 1.44. The lowest BCUT2D eigenvalue weighted by atomic mass is 10.00. The van der Waals surface area contributed by atoms with Gasteiger partial charge in [0.05, 0.1) is 10.6 Å². The summed E-state index contributed by atoms with van der Waals surface area (Å²) in [5.74, 6) is -0.312. The number of nitro groups is 1. The maximum Gasteiger partial charge on any atom is 0.290 e. The minimum atomic E-state index is -4.57. The van der Waals surface area contributed by atoms with Gasteiger partial charge in [-0.05, 0) is 31.0 Å². The van der Waals surface area contributed by atoms with Crippen LogP contribution in [0.25, 0.3) is 22.6 Å². The zero-order chi connectivity index (χ0) is 23.1. The van der Waals surface area contributed by atoms with Gasteiger partial charge in [-0.1, -0.05) is 24.3 Å². The Balaban J connectivity index is 2.47. The second kappa shape index (κ2) is 7.80. The van der Waals surface area contributed by atoms with Gasteiger partial charge in [0, 0.05) is 29.5 Å². The van der Waals surface area contributed by atoms with E-state index >= 15 is 0 Å². The molecular formula is C19H18N4O6S2. The van der Waals surface area contributed by atoms with Crippen LogP contribution < -0.4 is 5.14 Å². The van der Waals surface area contributed by atoms with Crippen molar-refractivity contribution < 1.29 is 21.8 Å². The maximum absolute atomic E-state index is 12.3. The van der Waals surface area contributed by atoms with Crippen molar-refractivity contribution in [2.24, 2.45) is 5.14 Å². The van der Waals surface area contributed by atoms with Crippen molar-refractivity contribution in [1.82, 2.24) is 9.97 Å². The number of aromatic nitrogens is 2. The van der Waals surface area contributed by atoms with Crippen molar-refractivity contribution in [2.45, 2.75) is 23.8 Å². The zero-order valence-electron chi connectivity index (χ0n) is 16.7. The molecule has 31 heavy (non-hydrogen) atoms. The van der Waals surface area contributed by atoms with Gasteiger partial charge < -0.3 is 0 Å². The normalized spacial score (nSPS) is 12.0. The van der Waals surface area contributed by atoms with E-state index in [0.29, 0.717) is 5.56 Å². The highest BCUT2D eigenvalue weighted by atomic mass is 32.2. The standard InChI is InChI=1S/C19H18N4O6S2/c1-11-6-4-7-12(2)17(11)14-10-16(30(3,26)27)22-19(21-14)13-8-5-9-15(23(24)25)18(13)31(20,28)29/h4-10H,1-3H3,(H2,20,28,29). The average Bonchev–Trinajstić information content (AvgIpc) is 2.65. The molecule has 0 aliphatic carbocycles. The van der Waals surface area contributed by atoms with Crippen LogP contribution in [0.2, 0.25) is 0 Å². The molecule has 0 fully saturated rings. The number of nitrogens with zero attached hydrogens (tertiary/aromatic N) is 3. The zero-order valence-corrected chi connectivity index (χ0v) is 18.4. The monoisotopic (exact) mass is 462 g/mol. The van der Waals surface area contributed by atoms with E-state index in [4.69, 9.17) is 5.14 Å². The summed E-state index contributed by atoms with van der Waals surface area (Å²) in [7, 11) is -8.40. The molecule has 12 heteroatoms. The first-order chi connectivity index (χ1) is 14.3. The molecule has 0 atom stereocenters. The molecule has 3 aromatic rings. The summed E-state index contributed by atoms with van der Waals surface area (Å²) < 4.78 is 49.0. The molecule has 2 aromatic carbocycles. The predicted octanol–water partition coefficient (Wildman–Crippen LogP) is 2.39. The molecule has 0 aliphatic rings. The number of sulfone groups is 1. The molecule has 1 heterocycles. The number of benzene rings is 2. The fraction of sp³-hybridized carbons (Fsp3) is 0.158. The van der Waals surface area contributed by atoms with Crippen LogP contribution in [0.1, 0.15) is 11.1 Å². The lowest BCUT2D eigenvalue weighted by molar-refractivity contribution is -0.387. The third kappa shape index (κ3) is 4.45. The number of sulfonamides is 1. The summed E-state index contributed by atoms with van der Waals surface area (Å²) >= 11 is 0. The highest BCUT2D eigenvalue weighted by molar-refractivity contribution is 7.90. The van der Waals surface area contributed by atoms with Gasteiger partial charge in [-0.15, -0.1) is 0 Å². The van der Waals surface area contributed by atoms with Crippen LogP contribution in [0, 0.1) is 24.0 Å². The Morgan fingerprint density at radius 2 is 1.55 bits per heavy atom. The van der Waals surface area contributed by atoms with Crippen LogP contribution in [0.15, 0.2) is 52.4 Å².